The monoisotopic (exact) mass is 426 g/mol. The van der Waals surface area contributed by atoms with Crippen molar-refractivity contribution in [2.45, 2.75) is 6.92 Å². The van der Waals surface area contributed by atoms with Gasteiger partial charge in [0.15, 0.2) is 0 Å². The lowest BCUT2D eigenvalue weighted by Gasteiger charge is -2.09. The molecule has 29 heavy (non-hydrogen) atoms. The quantitative estimate of drug-likeness (QED) is 0.454. The van der Waals surface area contributed by atoms with Crippen LogP contribution in [0.3, 0.4) is 0 Å². The van der Waals surface area contributed by atoms with Crippen molar-refractivity contribution < 1.29 is 9.59 Å². The Bertz CT molecular complexity index is 1090. The Kier molecular flexibility index (Phi) is 6.59. The predicted molar refractivity (Wildman–Crippen MR) is 115 cm³/mol. The second-order valence-corrected chi connectivity index (χ2v) is 6.88. The Morgan fingerprint density at radius 1 is 0.931 bits per heavy atom. The lowest BCUT2D eigenvalue weighted by molar-refractivity contribution is 0.0954. The first kappa shape index (κ1) is 20.5. The molecular formula is C21H16Cl2N4O2. The Morgan fingerprint density at radius 2 is 1.69 bits per heavy atom. The third-order valence-corrected chi connectivity index (χ3v) is 4.53. The first-order valence-corrected chi connectivity index (χ1v) is 9.31. The van der Waals surface area contributed by atoms with Crippen molar-refractivity contribution >= 4 is 46.4 Å². The van der Waals surface area contributed by atoms with E-state index in [9.17, 15) is 9.59 Å². The van der Waals surface area contributed by atoms with E-state index in [1.54, 1.807) is 49.4 Å². The van der Waals surface area contributed by atoms with Crippen LogP contribution in [0.15, 0.2) is 72.1 Å². The van der Waals surface area contributed by atoms with E-state index in [-0.39, 0.29) is 16.8 Å². The van der Waals surface area contributed by atoms with Crippen LogP contribution in [0.5, 0.6) is 0 Å². The number of carbonyl (C=O) groups is 2. The number of pyridine rings is 1. The van der Waals surface area contributed by atoms with Crippen molar-refractivity contribution in [1.82, 2.24) is 10.4 Å². The summed E-state index contributed by atoms with van der Waals surface area (Å²) in [5, 5.41) is 7.63. The van der Waals surface area contributed by atoms with Crippen molar-refractivity contribution in [2.75, 3.05) is 5.32 Å². The lowest BCUT2D eigenvalue weighted by atomic mass is 10.1. The number of benzene rings is 2. The van der Waals surface area contributed by atoms with Crippen molar-refractivity contribution in [3.05, 3.63) is 93.7 Å². The van der Waals surface area contributed by atoms with E-state index in [2.05, 4.69) is 20.8 Å². The number of hydrogen-bond donors (Lipinski definition) is 2. The topological polar surface area (TPSA) is 83.4 Å². The molecule has 8 heteroatoms. The molecule has 2 aromatic carbocycles. The van der Waals surface area contributed by atoms with Gasteiger partial charge < -0.3 is 5.32 Å². The highest BCUT2D eigenvalue weighted by Gasteiger charge is 2.12. The molecule has 0 saturated heterocycles. The Labute approximate surface area is 177 Å². The predicted octanol–water partition coefficient (Wildman–Crippen LogP) is 4.79. The minimum atomic E-state index is -0.357. The minimum Gasteiger partial charge on any atom is -0.322 e. The largest absolute Gasteiger partial charge is 0.322 e. The summed E-state index contributed by atoms with van der Waals surface area (Å²) in [5.74, 6) is -0.696. The molecule has 3 aromatic rings. The van der Waals surface area contributed by atoms with Crippen LogP contribution in [-0.4, -0.2) is 22.5 Å². The number of rotatable bonds is 5. The first-order chi connectivity index (χ1) is 13.9. The van der Waals surface area contributed by atoms with Crippen molar-refractivity contribution in [1.29, 1.82) is 0 Å². The van der Waals surface area contributed by atoms with Crippen LogP contribution in [0, 0.1) is 0 Å². The zero-order chi connectivity index (χ0) is 20.8. The molecule has 0 aliphatic rings. The molecule has 0 atom stereocenters. The van der Waals surface area contributed by atoms with Crippen LogP contribution in [0.1, 0.15) is 33.2 Å². The highest BCUT2D eigenvalue weighted by atomic mass is 35.5. The maximum Gasteiger partial charge on any atom is 0.271 e. The normalized spacial score (nSPS) is 11.1. The number of aromatic nitrogens is 1. The van der Waals surface area contributed by atoms with E-state index in [4.69, 9.17) is 23.2 Å². The molecule has 6 nitrogen and oxygen atoms in total. The molecule has 1 heterocycles. The average Bonchev–Trinajstić information content (AvgIpc) is 2.72. The number of hydrogen-bond acceptors (Lipinski definition) is 4. The fourth-order valence-corrected chi connectivity index (χ4v) is 2.96. The van der Waals surface area contributed by atoms with Gasteiger partial charge in [-0.15, -0.1) is 0 Å². The summed E-state index contributed by atoms with van der Waals surface area (Å²) in [6, 6.07) is 15.0. The summed E-state index contributed by atoms with van der Waals surface area (Å²) in [4.78, 5) is 28.4. The van der Waals surface area contributed by atoms with Crippen LogP contribution in [-0.2, 0) is 0 Å². The molecule has 1 aromatic heterocycles. The summed E-state index contributed by atoms with van der Waals surface area (Å²) in [7, 11) is 0. The fourth-order valence-electron chi connectivity index (χ4n) is 2.46. The number of halogens is 2. The Hall–Kier alpha value is -3.22. The molecule has 0 aliphatic heterocycles. The van der Waals surface area contributed by atoms with Crippen LogP contribution >= 0.6 is 23.2 Å². The molecule has 0 spiro atoms. The number of hydrazone groups is 1. The number of nitrogens with zero attached hydrogens (tertiary/aromatic N) is 2. The summed E-state index contributed by atoms with van der Waals surface area (Å²) in [6.45, 7) is 1.75. The summed E-state index contributed by atoms with van der Waals surface area (Å²) in [5.41, 5.74) is 5.15. The van der Waals surface area contributed by atoms with Gasteiger partial charge in [-0.05, 0) is 55.0 Å². The zero-order valence-corrected chi connectivity index (χ0v) is 16.8. The van der Waals surface area contributed by atoms with Gasteiger partial charge in [-0.1, -0.05) is 35.3 Å². The third kappa shape index (κ3) is 5.40. The molecule has 2 amide bonds. The van der Waals surface area contributed by atoms with Crippen molar-refractivity contribution in [3.8, 4) is 0 Å². The molecule has 0 aliphatic carbocycles. The van der Waals surface area contributed by atoms with Gasteiger partial charge in [-0.3, -0.25) is 14.6 Å². The van der Waals surface area contributed by atoms with Crippen LogP contribution in [0.25, 0.3) is 0 Å². The zero-order valence-electron chi connectivity index (χ0n) is 15.3. The van der Waals surface area contributed by atoms with Gasteiger partial charge in [-0.2, -0.15) is 5.10 Å². The number of carbonyl (C=O) groups excluding carboxylic acids is 2. The molecule has 2 N–H and O–H groups in total. The van der Waals surface area contributed by atoms with E-state index >= 15 is 0 Å². The molecule has 146 valence electrons. The van der Waals surface area contributed by atoms with E-state index in [0.29, 0.717) is 27.5 Å². The third-order valence-electron chi connectivity index (χ3n) is 3.98. The second kappa shape index (κ2) is 9.32. The molecule has 0 radical (unpaired) electrons. The van der Waals surface area contributed by atoms with Gasteiger partial charge in [0.2, 0.25) is 0 Å². The Morgan fingerprint density at radius 3 is 2.41 bits per heavy atom. The summed E-state index contributed by atoms with van der Waals surface area (Å²) < 4.78 is 0. The average molecular weight is 427 g/mol. The van der Waals surface area contributed by atoms with Gasteiger partial charge in [-0.25, -0.2) is 5.43 Å². The smallest absolute Gasteiger partial charge is 0.271 e. The molecule has 0 fully saturated rings. The van der Waals surface area contributed by atoms with Gasteiger partial charge in [0, 0.05) is 28.7 Å². The first-order valence-electron chi connectivity index (χ1n) is 8.55. The number of nitrogens with one attached hydrogen (secondary N) is 2. The van der Waals surface area contributed by atoms with Crippen molar-refractivity contribution in [2.24, 2.45) is 5.10 Å². The minimum absolute atomic E-state index is 0.266. The highest BCUT2D eigenvalue weighted by Crippen LogP contribution is 2.22. The molecule has 0 bridgehead atoms. The standard InChI is InChI=1S/C21H16Cl2N4O2/c1-13(26-27-20(28)14-7-9-24-10-8-14)15-3-2-4-17(11-15)25-21(29)18-6-5-16(22)12-19(18)23/h2-12H,1H3,(H,25,29)(H,27,28)/b26-13-. The van der Waals surface area contributed by atoms with E-state index in [1.807, 2.05) is 6.07 Å². The van der Waals surface area contributed by atoms with Gasteiger partial charge in [0.05, 0.1) is 16.3 Å². The van der Waals surface area contributed by atoms with Crippen molar-refractivity contribution in [3.63, 3.8) is 0 Å². The molecule has 3 rings (SSSR count). The fraction of sp³-hybridized carbons (Fsp3) is 0.0476. The number of amides is 2. The highest BCUT2D eigenvalue weighted by molar-refractivity contribution is 6.37. The SMILES string of the molecule is C/C(=N/NC(=O)c1ccncc1)c1cccc(NC(=O)c2ccc(Cl)cc2Cl)c1. The molecule has 0 unspecified atom stereocenters. The van der Waals surface area contributed by atoms with E-state index < -0.39 is 0 Å². The summed E-state index contributed by atoms with van der Waals surface area (Å²) in [6.07, 6.45) is 3.06. The van der Waals surface area contributed by atoms with E-state index in [0.717, 1.165) is 5.56 Å². The van der Waals surface area contributed by atoms with Crippen LogP contribution in [0.2, 0.25) is 10.0 Å². The van der Waals surface area contributed by atoms with Crippen LogP contribution < -0.4 is 10.7 Å². The maximum absolute atomic E-state index is 12.5. The van der Waals surface area contributed by atoms with Gasteiger partial charge in [0.25, 0.3) is 11.8 Å². The number of anilines is 1. The lowest BCUT2D eigenvalue weighted by Crippen LogP contribution is -2.19. The van der Waals surface area contributed by atoms with E-state index in [1.165, 1.54) is 18.5 Å². The second-order valence-electron chi connectivity index (χ2n) is 6.03. The Balaban J connectivity index is 1.71. The molecular weight excluding hydrogens is 411 g/mol. The summed E-state index contributed by atoms with van der Waals surface area (Å²) >= 11 is 12.0. The maximum atomic E-state index is 12.5. The van der Waals surface area contributed by atoms with Gasteiger partial charge >= 0.3 is 0 Å². The van der Waals surface area contributed by atoms with Crippen LogP contribution in [0.4, 0.5) is 5.69 Å². The molecule has 0 saturated carbocycles. The van der Waals surface area contributed by atoms with Gasteiger partial charge in [0.1, 0.15) is 0 Å².